The zero-order valence-electron chi connectivity index (χ0n) is 69.6. The van der Waals surface area contributed by atoms with Crippen molar-refractivity contribution in [2.45, 2.75) is 257 Å². The molecule has 0 unspecified atom stereocenters. The summed E-state index contributed by atoms with van der Waals surface area (Å²) in [4.78, 5) is 92.5. The van der Waals surface area contributed by atoms with Gasteiger partial charge in [-0.1, -0.05) is 203 Å². The average Bonchev–Trinajstić information content (AvgIpc) is 0.831. The monoisotopic (exact) mass is 1670 g/mol. The number of rotatable bonds is 25. The Balaban J connectivity index is -0.000000165. The number of carboxylic acid groups (broad SMARTS) is 1. The Morgan fingerprint density at radius 2 is 0.935 bits per heavy atom. The van der Waals surface area contributed by atoms with Gasteiger partial charge >= 0.3 is 127 Å². The largest absolute Gasteiger partial charge is 1.00 e. The molecule has 0 bridgehead atoms. The molecular weight excluding hydrogens is 1530 g/mol. The van der Waals surface area contributed by atoms with E-state index in [0.717, 1.165) is 81.3 Å². The summed E-state index contributed by atoms with van der Waals surface area (Å²) in [5.74, 6) is -0.946. The van der Waals surface area contributed by atoms with E-state index in [1.54, 1.807) is 16.4 Å². The number of carboxylic acids is 1. The fourth-order valence-corrected chi connectivity index (χ4v) is 11.9. The molecule has 108 heavy (non-hydrogen) atoms. The molecule has 3 heterocycles. The molecular formula is C79H144Cl3K2N7O15Si2. The molecule has 0 spiro atoms. The number of carbonyl (C=O) groups is 7. The van der Waals surface area contributed by atoms with Gasteiger partial charge < -0.3 is 67.3 Å². The first-order valence-electron chi connectivity index (χ1n) is 36.8. The Morgan fingerprint density at radius 1 is 0.611 bits per heavy atom. The summed E-state index contributed by atoms with van der Waals surface area (Å²) < 4.78 is 36.2. The van der Waals surface area contributed by atoms with Gasteiger partial charge in [0, 0.05) is 47.2 Å². The van der Waals surface area contributed by atoms with Gasteiger partial charge in [-0.2, -0.15) is 0 Å². The van der Waals surface area contributed by atoms with Crippen molar-refractivity contribution in [3.8, 4) is 0 Å². The number of halogens is 3. The Bertz CT molecular complexity index is 2710. The molecule has 3 aliphatic rings. The molecule has 2 N–H and O–H groups in total. The van der Waals surface area contributed by atoms with Crippen LogP contribution in [0.2, 0.25) is 36.3 Å². The minimum absolute atomic E-state index is 0. The van der Waals surface area contributed by atoms with E-state index >= 15 is 0 Å². The molecule has 3 saturated heterocycles. The maximum atomic E-state index is 13.5. The summed E-state index contributed by atoms with van der Waals surface area (Å²) in [6.45, 7) is 45.9. The minimum atomic E-state index is -1.87. The molecule has 3 atom stereocenters. The third kappa shape index (κ3) is 53.6. The molecule has 22 nitrogen and oxygen atoms in total. The van der Waals surface area contributed by atoms with Crippen molar-refractivity contribution >= 4 is 87.4 Å². The number of piperidine rings is 3. The van der Waals surface area contributed by atoms with E-state index in [1.807, 2.05) is 110 Å². The van der Waals surface area contributed by atoms with Gasteiger partial charge in [-0.05, 0) is 173 Å². The number of nitrogens with one attached hydrogen (secondary N) is 1. The van der Waals surface area contributed by atoms with E-state index in [4.69, 9.17) is 62.8 Å². The Hall–Kier alpha value is -2.40. The van der Waals surface area contributed by atoms with Gasteiger partial charge in [0.05, 0.1) is 6.61 Å². The SMILES string of the molecule is C.C.C.CCCN(CCO[Si](C)(C)C(C)(C)C)C(=O)[C@H]1CCCCN1C(=O)OCc1ccccc1.CCCNCCO[Si](C)(C)C(C)(C)C.CCN(CC)CC.C[N+](C)=CCl.O=C(Cl)[C@H]1CCCCN1C(=O)OCc1ccccc1.O=C(O)[C@H]1CCCCN1C(=O)OCc1ccccc1.O=CO[O-].[2H]CC.[Cl-].[H-].[K+].[K+]. The quantitative estimate of drug-likeness (QED) is 0.00938. The van der Waals surface area contributed by atoms with Crippen LogP contribution in [0.15, 0.2) is 91.0 Å². The zero-order valence-corrected chi connectivity index (χ0v) is 78.1. The van der Waals surface area contributed by atoms with Crippen LogP contribution in [0.1, 0.15) is 202 Å². The number of benzene rings is 3. The van der Waals surface area contributed by atoms with Crippen molar-refractivity contribution in [3.05, 3.63) is 108 Å². The summed E-state index contributed by atoms with van der Waals surface area (Å²) in [6.07, 6.45) is 7.72. The normalized spacial score (nSPS) is 14.9. The molecule has 3 aromatic rings. The maximum Gasteiger partial charge on any atom is 1.00 e. The molecule has 0 aromatic heterocycles. The van der Waals surface area contributed by atoms with Crippen LogP contribution >= 0.6 is 23.2 Å². The summed E-state index contributed by atoms with van der Waals surface area (Å²) in [5.41, 5.74) is 4.22. The Labute approximate surface area is 760 Å². The standard InChI is InChI=1S/C25H42N2O4Si.C14H16ClNO3.C14H17NO4.C11H27NOSi.C6H15N.C3H7ClN.C2H6.CH2O3.3CH4.ClH.2K.H/c1-7-16-26(18-19-31-32(5,6)25(2,3)4)23(28)22-15-11-12-17-27(22)24(29)30-20-21-13-9-8-10-14-21;15-13(17)12-8-4-5-9-16(12)14(18)19-10-11-6-2-1-3-7-11;16-13(17)12-8-4-5-9-15(12)14(18)19-10-11-6-2-1-3-7-11;1-7-8-12-9-10-13-14(5,6)11(2,3)4;1-4-7(5-2)6-3;1-5(2)3-4;1-2;2-1-4-3;;;;;;;/h8-10,13-14,22H,7,11-12,15-20H2,1-6H3;1-3,6-7,12H,4-5,8-10H2;1-3,6-7,12H,4-5,8-10H2,(H,16,17);12H,7-10H2,1-6H3;4-6H2,1-3H3;3H,1-2H3;1-2H3;1,3H;3*1H4;1H;;;/q;;;;;+1;;;;;;;2*+1;-1/p-2/t22-;2*12-;;;;;;;;;;;;/m111............/s1/i;;;;;;1D;;;;;;;;. The number of hydrogen-bond donors (Lipinski definition) is 2. The zero-order chi connectivity index (χ0) is 78.5. The van der Waals surface area contributed by atoms with Crippen LogP contribution in [0.25, 0.3) is 0 Å². The molecule has 616 valence electrons. The van der Waals surface area contributed by atoms with Crippen LogP contribution in [0.5, 0.6) is 0 Å². The van der Waals surface area contributed by atoms with Gasteiger partial charge in [-0.3, -0.25) is 29.1 Å². The predicted octanol–water partition coefficient (Wildman–Crippen LogP) is 8.02. The topological polar surface area (TPSA) is 249 Å². The van der Waals surface area contributed by atoms with Crippen molar-refractivity contribution < 1.29 is 194 Å². The van der Waals surface area contributed by atoms with E-state index in [2.05, 4.69) is 117 Å². The van der Waals surface area contributed by atoms with Crippen LogP contribution in [-0.4, -0.2) is 209 Å². The van der Waals surface area contributed by atoms with Crippen LogP contribution in [0.3, 0.4) is 0 Å². The molecule has 4 amide bonds. The Kier molecular flexibility index (Phi) is 78.3. The van der Waals surface area contributed by atoms with Gasteiger partial charge in [0.25, 0.3) is 6.47 Å². The fraction of sp³-hybridized carbons (Fsp3) is 0.671. The number of nitrogens with zero attached hydrogens (tertiary/aromatic N) is 6. The Morgan fingerprint density at radius 3 is 1.22 bits per heavy atom. The number of carbonyl (C=O) groups excluding carboxylic acids is 6. The first kappa shape index (κ1) is 119. The van der Waals surface area contributed by atoms with Gasteiger partial charge in [0.15, 0.2) is 16.6 Å². The van der Waals surface area contributed by atoms with E-state index < -0.39 is 64.3 Å². The van der Waals surface area contributed by atoms with Crippen molar-refractivity contribution in [1.29, 1.82) is 0 Å². The number of likely N-dealkylation sites (tertiary alicyclic amines) is 3. The predicted molar refractivity (Wildman–Crippen MR) is 435 cm³/mol. The fourth-order valence-electron chi connectivity index (χ4n) is 9.61. The van der Waals surface area contributed by atoms with Crippen LogP contribution in [-0.2, 0) is 66.9 Å². The third-order valence-electron chi connectivity index (χ3n) is 17.6. The smallest absolute Gasteiger partial charge is 1.00 e. The van der Waals surface area contributed by atoms with Gasteiger partial charge in [0.2, 0.25) is 16.8 Å². The van der Waals surface area contributed by atoms with Gasteiger partial charge in [-0.25, -0.2) is 23.8 Å². The van der Waals surface area contributed by atoms with Crippen molar-refractivity contribution in [2.24, 2.45) is 0 Å². The van der Waals surface area contributed by atoms with Gasteiger partial charge in [0.1, 0.15) is 52.0 Å². The summed E-state index contributed by atoms with van der Waals surface area (Å²) in [6, 6.07) is 26.7. The first-order valence-corrected chi connectivity index (χ1v) is 42.8. The van der Waals surface area contributed by atoms with Crippen LogP contribution in [0.4, 0.5) is 14.4 Å². The van der Waals surface area contributed by atoms with E-state index in [-0.39, 0.29) is 176 Å². The molecule has 0 saturated carbocycles. The van der Waals surface area contributed by atoms with Crippen molar-refractivity contribution in [3.63, 3.8) is 0 Å². The summed E-state index contributed by atoms with van der Waals surface area (Å²) >= 11 is 10.7. The summed E-state index contributed by atoms with van der Waals surface area (Å²) in [7, 11) is 0.365. The molecule has 29 heteroatoms. The molecule has 3 aromatic carbocycles. The minimum Gasteiger partial charge on any atom is -1.00 e. The molecule has 3 aliphatic heterocycles. The van der Waals surface area contributed by atoms with Crippen LogP contribution < -0.4 is 126 Å². The second-order valence-electron chi connectivity index (χ2n) is 27.5. The molecule has 0 radical (unpaired) electrons. The number of aliphatic carboxylic acids is 1. The van der Waals surface area contributed by atoms with Crippen LogP contribution in [0, 0.1) is 0 Å². The summed E-state index contributed by atoms with van der Waals surface area (Å²) in [5, 5.41) is 20.9. The van der Waals surface area contributed by atoms with E-state index in [9.17, 15) is 28.8 Å². The van der Waals surface area contributed by atoms with Crippen molar-refractivity contribution in [2.75, 3.05) is 92.8 Å². The first-order chi connectivity index (χ1) is 48.7. The average molecular weight is 1670 g/mol. The second kappa shape index (κ2) is 71.2. The maximum absolute atomic E-state index is 13.5. The third-order valence-corrected chi connectivity index (χ3v) is 27.4. The number of hydrogen-bond acceptors (Lipinski definition) is 16. The second-order valence-corrected chi connectivity index (χ2v) is 37.7. The molecule has 0 aliphatic carbocycles. The molecule has 3 fully saturated rings. The van der Waals surface area contributed by atoms with E-state index in [0.29, 0.717) is 70.5 Å². The number of ether oxygens (including phenoxy) is 3. The molecule has 6 rings (SSSR count). The van der Waals surface area contributed by atoms with E-state index in [1.165, 1.54) is 41.5 Å². The van der Waals surface area contributed by atoms with Gasteiger partial charge in [-0.15, -0.1) is 0 Å². The number of amides is 4. The van der Waals surface area contributed by atoms with Crippen molar-refractivity contribution in [1.82, 2.24) is 29.8 Å².